The number of aromatic nitrogens is 2. The second-order valence-corrected chi connectivity index (χ2v) is 6.27. The van der Waals surface area contributed by atoms with Gasteiger partial charge < -0.3 is 9.88 Å². The van der Waals surface area contributed by atoms with Gasteiger partial charge >= 0.3 is 0 Å². The Bertz CT molecular complexity index is 720. The Morgan fingerprint density at radius 1 is 1.36 bits per heavy atom. The van der Waals surface area contributed by atoms with E-state index in [4.69, 9.17) is 0 Å². The second-order valence-electron chi connectivity index (χ2n) is 6.27. The zero-order chi connectivity index (χ0) is 15.2. The lowest BCUT2D eigenvalue weighted by Gasteiger charge is -2.27. The molecule has 0 radical (unpaired) electrons. The van der Waals surface area contributed by atoms with Gasteiger partial charge in [-0.25, -0.2) is 9.37 Å². The molecule has 1 saturated carbocycles. The number of halogens is 1. The van der Waals surface area contributed by atoms with Gasteiger partial charge in [-0.05, 0) is 25.3 Å². The highest BCUT2D eigenvalue weighted by atomic mass is 19.1. The highest BCUT2D eigenvalue weighted by Gasteiger charge is 2.53. The van der Waals surface area contributed by atoms with Gasteiger partial charge in [0.2, 0.25) is 5.91 Å². The van der Waals surface area contributed by atoms with Crippen LogP contribution in [-0.2, 0) is 23.2 Å². The van der Waals surface area contributed by atoms with Gasteiger partial charge in [0, 0.05) is 37.0 Å². The van der Waals surface area contributed by atoms with Crippen molar-refractivity contribution in [2.24, 2.45) is 0 Å². The van der Waals surface area contributed by atoms with Crippen LogP contribution in [0.5, 0.6) is 0 Å². The normalized spacial score (nSPS) is 22.0. The van der Waals surface area contributed by atoms with Gasteiger partial charge in [0.15, 0.2) is 0 Å². The van der Waals surface area contributed by atoms with E-state index in [0.717, 1.165) is 38.1 Å². The molecule has 1 N–H and O–H groups in total. The molecule has 1 amide bonds. The summed E-state index contributed by atoms with van der Waals surface area (Å²) >= 11 is 0. The van der Waals surface area contributed by atoms with E-state index in [9.17, 15) is 9.18 Å². The molecular formula is C17H18FN3O. The molecule has 22 heavy (non-hydrogen) atoms. The molecule has 0 spiro atoms. The molecule has 2 aromatic rings. The van der Waals surface area contributed by atoms with Crippen LogP contribution in [0.25, 0.3) is 0 Å². The van der Waals surface area contributed by atoms with Crippen molar-refractivity contribution < 1.29 is 9.18 Å². The van der Waals surface area contributed by atoms with E-state index in [0.29, 0.717) is 5.56 Å². The Hall–Kier alpha value is -2.17. The molecule has 1 aliphatic heterocycles. The van der Waals surface area contributed by atoms with Crippen LogP contribution in [0.1, 0.15) is 30.7 Å². The molecule has 4 rings (SSSR count). The van der Waals surface area contributed by atoms with Crippen molar-refractivity contribution in [2.75, 3.05) is 0 Å². The molecule has 5 heteroatoms. The summed E-state index contributed by atoms with van der Waals surface area (Å²) in [6, 6.07) is 6.72. The lowest BCUT2D eigenvalue weighted by Crippen LogP contribution is -2.45. The summed E-state index contributed by atoms with van der Waals surface area (Å²) in [5.41, 5.74) is -0.118. The molecule has 1 atom stereocenters. The number of carbonyl (C=O) groups is 1. The minimum absolute atomic E-state index is 0.0360. The van der Waals surface area contributed by atoms with E-state index < -0.39 is 5.41 Å². The number of carbonyl (C=O) groups excluding carboxylic acids is 1. The van der Waals surface area contributed by atoms with Crippen LogP contribution in [0, 0.1) is 5.82 Å². The lowest BCUT2D eigenvalue weighted by molar-refractivity contribution is -0.124. The summed E-state index contributed by atoms with van der Waals surface area (Å²) < 4.78 is 16.1. The van der Waals surface area contributed by atoms with Crippen LogP contribution < -0.4 is 5.32 Å². The minimum Gasteiger partial charge on any atom is -0.351 e. The third-order valence-corrected chi connectivity index (χ3v) is 4.84. The molecule has 2 heterocycles. The molecule has 0 unspecified atom stereocenters. The average molecular weight is 299 g/mol. The van der Waals surface area contributed by atoms with Crippen molar-refractivity contribution in [2.45, 2.75) is 43.7 Å². The molecular weight excluding hydrogens is 281 g/mol. The Morgan fingerprint density at radius 2 is 2.18 bits per heavy atom. The maximum Gasteiger partial charge on any atom is 0.231 e. The monoisotopic (exact) mass is 299 g/mol. The van der Waals surface area contributed by atoms with Crippen molar-refractivity contribution in [1.29, 1.82) is 0 Å². The quantitative estimate of drug-likeness (QED) is 0.944. The highest BCUT2D eigenvalue weighted by Crippen LogP contribution is 2.49. The molecule has 1 fully saturated rings. The van der Waals surface area contributed by atoms with Crippen molar-refractivity contribution in [3.63, 3.8) is 0 Å². The van der Waals surface area contributed by atoms with Gasteiger partial charge in [0.1, 0.15) is 11.6 Å². The Labute approximate surface area is 128 Å². The smallest absolute Gasteiger partial charge is 0.231 e. The highest BCUT2D eigenvalue weighted by molar-refractivity contribution is 5.91. The lowest BCUT2D eigenvalue weighted by atomic mass is 9.93. The van der Waals surface area contributed by atoms with Crippen molar-refractivity contribution in [1.82, 2.24) is 14.9 Å². The number of rotatable bonds is 3. The number of aryl methyl sites for hydroxylation is 1. The molecule has 2 aliphatic rings. The molecule has 1 aromatic heterocycles. The van der Waals surface area contributed by atoms with Gasteiger partial charge in [0.25, 0.3) is 0 Å². The Morgan fingerprint density at radius 3 is 2.95 bits per heavy atom. The Kier molecular flexibility index (Phi) is 3.03. The van der Waals surface area contributed by atoms with E-state index >= 15 is 0 Å². The predicted molar refractivity (Wildman–Crippen MR) is 79.8 cm³/mol. The van der Waals surface area contributed by atoms with Gasteiger partial charge in [-0.3, -0.25) is 4.79 Å². The summed E-state index contributed by atoms with van der Waals surface area (Å²) in [6.45, 7) is 0.744. The van der Waals surface area contributed by atoms with E-state index in [2.05, 4.69) is 14.9 Å². The summed E-state index contributed by atoms with van der Waals surface area (Å²) in [4.78, 5) is 17.0. The van der Waals surface area contributed by atoms with Crippen LogP contribution in [0.15, 0.2) is 36.7 Å². The number of amides is 1. The largest absolute Gasteiger partial charge is 0.351 e. The van der Waals surface area contributed by atoms with Gasteiger partial charge in [-0.2, -0.15) is 0 Å². The molecule has 0 saturated heterocycles. The zero-order valence-corrected chi connectivity index (χ0v) is 12.3. The number of fused-ring (bicyclic) bond motifs is 1. The number of nitrogens with zero attached hydrogens (tertiary/aromatic N) is 2. The van der Waals surface area contributed by atoms with Crippen LogP contribution in [0.2, 0.25) is 0 Å². The van der Waals surface area contributed by atoms with Crippen LogP contribution in [0.4, 0.5) is 4.39 Å². The first kappa shape index (κ1) is 13.5. The summed E-state index contributed by atoms with van der Waals surface area (Å²) in [5, 5.41) is 3.12. The van der Waals surface area contributed by atoms with Gasteiger partial charge in [-0.15, -0.1) is 0 Å². The molecule has 1 aromatic carbocycles. The van der Waals surface area contributed by atoms with Crippen molar-refractivity contribution in [3.05, 3.63) is 53.9 Å². The Balaban J connectivity index is 1.50. The van der Waals surface area contributed by atoms with E-state index in [1.54, 1.807) is 24.4 Å². The molecule has 114 valence electrons. The fourth-order valence-corrected chi connectivity index (χ4v) is 3.40. The van der Waals surface area contributed by atoms with E-state index in [1.807, 2.05) is 6.20 Å². The summed E-state index contributed by atoms with van der Waals surface area (Å²) in [7, 11) is 0. The second kappa shape index (κ2) is 4.93. The third kappa shape index (κ3) is 2.12. The van der Waals surface area contributed by atoms with Gasteiger partial charge in [0.05, 0.1) is 5.41 Å². The fourth-order valence-electron chi connectivity index (χ4n) is 3.40. The van der Waals surface area contributed by atoms with Crippen LogP contribution in [-0.4, -0.2) is 21.5 Å². The number of hydrogen-bond donors (Lipinski definition) is 1. The predicted octanol–water partition coefficient (Wildman–Crippen LogP) is 2.18. The molecule has 0 bridgehead atoms. The van der Waals surface area contributed by atoms with Crippen LogP contribution >= 0.6 is 0 Å². The number of imidazole rings is 1. The first-order chi connectivity index (χ1) is 10.7. The van der Waals surface area contributed by atoms with Crippen LogP contribution in [0.3, 0.4) is 0 Å². The average Bonchev–Trinajstić information content (AvgIpc) is 3.19. The van der Waals surface area contributed by atoms with E-state index in [-0.39, 0.29) is 17.8 Å². The van der Waals surface area contributed by atoms with E-state index in [1.165, 1.54) is 6.07 Å². The SMILES string of the molecule is O=C(N[C@@H]1CCc2nccn2C1)C1(c2ccccc2F)CC1. The standard InChI is InChI=1S/C17H18FN3O/c18-14-4-2-1-3-13(14)17(7-8-17)16(22)20-12-5-6-15-19-9-10-21(15)11-12/h1-4,9-10,12H,5-8,11H2,(H,20,22)/t12-/m1/s1. The zero-order valence-electron chi connectivity index (χ0n) is 12.3. The first-order valence-corrected chi connectivity index (χ1v) is 7.75. The fraction of sp³-hybridized carbons (Fsp3) is 0.412. The third-order valence-electron chi connectivity index (χ3n) is 4.84. The van der Waals surface area contributed by atoms with Crippen molar-refractivity contribution >= 4 is 5.91 Å². The molecule has 4 nitrogen and oxygen atoms in total. The topological polar surface area (TPSA) is 46.9 Å². The first-order valence-electron chi connectivity index (χ1n) is 7.75. The summed E-state index contributed by atoms with van der Waals surface area (Å²) in [5.74, 6) is 0.752. The number of nitrogens with one attached hydrogen (secondary N) is 1. The maximum atomic E-state index is 14.0. The minimum atomic E-state index is -0.652. The maximum absolute atomic E-state index is 14.0. The molecule has 1 aliphatic carbocycles. The van der Waals surface area contributed by atoms with Crippen molar-refractivity contribution in [3.8, 4) is 0 Å². The number of benzene rings is 1. The van der Waals surface area contributed by atoms with Gasteiger partial charge in [-0.1, -0.05) is 18.2 Å². The number of hydrogen-bond acceptors (Lipinski definition) is 2. The summed E-state index contributed by atoms with van der Waals surface area (Å²) in [6.07, 6.45) is 6.94.